The average Bonchev–Trinajstić information content (AvgIpc) is 2.70. The van der Waals surface area contributed by atoms with Gasteiger partial charge in [0.1, 0.15) is 11.9 Å². The van der Waals surface area contributed by atoms with Crippen molar-refractivity contribution in [1.82, 2.24) is 9.55 Å². The lowest BCUT2D eigenvalue weighted by molar-refractivity contribution is 0.0331. The Balaban J connectivity index is 2.46. The van der Waals surface area contributed by atoms with Crippen LogP contribution in [-0.4, -0.2) is 15.6 Å². The zero-order chi connectivity index (χ0) is 12.2. The fourth-order valence-corrected chi connectivity index (χ4v) is 2.69. The van der Waals surface area contributed by atoms with Crippen LogP contribution in [-0.2, 0) is 15.7 Å². The van der Waals surface area contributed by atoms with E-state index >= 15 is 0 Å². The van der Waals surface area contributed by atoms with Crippen molar-refractivity contribution in [2.45, 2.75) is 24.8 Å². The third-order valence-electron chi connectivity index (χ3n) is 3.11. The van der Waals surface area contributed by atoms with Crippen molar-refractivity contribution >= 4 is 33.1 Å². The Morgan fingerprint density at radius 2 is 2.24 bits per heavy atom. The summed E-state index contributed by atoms with van der Waals surface area (Å²) in [5.41, 5.74) is 3.20. The Morgan fingerprint density at radius 3 is 2.94 bits per heavy atom. The zero-order valence-electron chi connectivity index (χ0n) is 9.53. The summed E-state index contributed by atoms with van der Waals surface area (Å²) >= 11 is 3.43. The van der Waals surface area contributed by atoms with Crippen LogP contribution >= 0.6 is 15.9 Å². The summed E-state index contributed by atoms with van der Waals surface area (Å²) in [6.07, 6.45) is 1.16. The maximum Gasteiger partial charge on any atom is 0.420 e. The van der Waals surface area contributed by atoms with Crippen molar-refractivity contribution < 1.29 is 9.53 Å². The number of hydrogen-bond acceptors (Lipinski definition) is 3. The van der Waals surface area contributed by atoms with Gasteiger partial charge in [-0.2, -0.15) is 0 Å². The summed E-state index contributed by atoms with van der Waals surface area (Å²) in [6, 6.07) is 4.02. The lowest BCUT2D eigenvalue weighted by Crippen LogP contribution is -2.33. The van der Waals surface area contributed by atoms with Crippen molar-refractivity contribution in [1.29, 1.82) is 0 Å². The van der Waals surface area contributed by atoms with Gasteiger partial charge in [-0.15, -0.1) is 0 Å². The maximum absolute atomic E-state index is 11.8. The van der Waals surface area contributed by atoms with Crippen LogP contribution in [0.25, 0.3) is 11.0 Å². The number of cyclic esters (lactones) is 1. The van der Waals surface area contributed by atoms with Crippen LogP contribution in [0.1, 0.15) is 25.0 Å². The van der Waals surface area contributed by atoms with Crippen LogP contribution < -0.4 is 0 Å². The second-order valence-corrected chi connectivity index (χ2v) is 5.16. The second-order valence-electron chi connectivity index (χ2n) is 4.60. The minimum absolute atomic E-state index is 0.364. The number of ether oxygens (including phenoxy) is 1. The smallest absolute Gasteiger partial charge is 0.420 e. The highest BCUT2D eigenvalue weighted by molar-refractivity contribution is 9.08. The molecule has 0 N–H and O–H groups in total. The number of rotatable bonds is 1. The van der Waals surface area contributed by atoms with Crippen LogP contribution in [0.4, 0.5) is 4.79 Å². The Labute approximate surface area is 107 Å². The number of halogens is 1. The van der Waals surface area contributed by atoms with Gasteiger partial charge >= 0.3 is 6.09 Å². The molecule has 0 fully saturated rings. The maximum atomic E-state index is 11.8. The molecule has 1 aromatic carbocycles. The minimum Gasteiger partial charge on any atom is -0.438 e. The second kappa shape index (κ2) is 3.32. The predicted octanol–water partition coefficient (Wildman–Crippen LogP) is 3.16. The molecule has 0 bridgehead atoms. The Hall–Kier alpha value is -1.36. The summed E-state index contributed by atoms with van der Waals surface area (Å²) in [5.74, 6) is 0. The van der Waals surface area contributed by atoms with Gasteiger partial charge in [-0.3, -0.25) is 0 Å². The molecule has 2 heterocycles. The number of alkyl halides is 1. The number of benzene rings is 1. The van der Waals surface area contributed by atoms with E-state index < -0.39 is 5.60 Å². The molecule has 0 atom stereocenters. The summed E-state index contributed by atoms with van der Waals surface area (Å²) in [4.78, 5) is 16.1. The van der Waals surface area contributed by atoms with E-state index in [4.69, 9.17) is 4.74 Å². The molecule has 3 rings (SSSR count). The van der Waals surface area contributed by atoms with Gasteiger partial charge in [0.15, 0.2) is 0 Å². The molecule has 1 aliphatic rings. The van der Waals surface area contributed by atoms with Gasteiger partial charge in [-0.1, -0.05) is 28.1 Å². The number of aromatic nitrogens is 2. The van der Waals surface area contributed by atoms with Crippen molar-refractivity contribution in [2.75, 3.05) is 0 Å². The first-order valence-corrected chi connectivity index (χ1v) is 6.45. The number of hydrogen-bond donors (Lipinski definition) is 0. The molecule has 0 saturated carbocycles. The summed E-state index contributed by atoms with van der Waals surface area (Å²) in [7, 11) is 0. The molecule has 17 heavy (non-hydrogen) atoms. The van der Waals surface area contributed by atoms with Gasteiger partial charge in [0.05, 0.1) is 11.0 Å². The zero-order valence-corrected chi connectivity index (χ0v) is 11.1. The van der Waals surface area contributed by atoms with Crippen LogP contribution in [0.3, 0.4) is 0 Å². The fraction of sp³-hybridized carbons (Fsp3) is 0.333. The van der Waals surface area contributed by atoms with E-state index in [0.29, 0.717) is 0 Å². The Bertz CT molecular complexity index is 631. The minimum atomic E-state index is -0.601. The van der Waals surface area contributed by atoms with Crippen LogP contribution in [0.5, 0.6) is 0 Å². The highest BCUT2D eigenvalue weighted by Crippen LogP contribution is 2.37. The molecule has 88 valence electrons. The first-order valence-electron chi connectivity index (χ1n) is 5.33. The van der Waals surface area contributed by atoms with Crippen molar-refractivity contribution in [3.05, 3.63) is 29.6 Å². The molecule has 0 unspecified atom stereocenters. The van der Waals surface area contributed by atoms with Gasteiger partial charge < -0.3 is 4.74 Å². The molecular formula is C12H11BrN2O2. The highest BCUT2D eigenvalue weighted by atomic mass is 79.9. The van der Waals surface area contributed by atoms with Crippen LogP contribution in [0.15, 0.2) is 18.5 Å². The summed E-state index contributed by atoms with van der Waals surface area (Å²) in [5, 5.41) is 0.719. The largest absolute Gasteiger partial charge is 0.438 e. The molecule has 5 heteroatoms. The van der Waals surface area contributed by atoms with Gasteiger partial charge in [0, 0.05) is 10.9 Å². The van der Waals surface area contributed by atoms with Gasteiger partial charge in [-0.25, -0.2) is 14.3 Å². The molecular weight excluding hydrogens is 284 g/mol. The van der Waals surface area contributed by atoms with Gasteiger partial charge in [0.2, 0.25) is 0 Å². The molecule has 0 amide bonds. The molecule has 1 aliphatic heterocycles. The monoisotopic (exact) mass is 294 g/mol. The van der Waals surface area contributed by atoms with Gasteiger partial charge in [-0.05, 0) is 19.4 Å². The topological polar surface area (TPSA) is 44.1 Å². The Kier molecular flexibility index (Phi) is 2.10. The highest BCUT2D eigenvalue weighted by Gasteiger charge is 2.35. The summed E-state index contributed by atoms with van der Waals surface area (Å²) in [6.45, 7) is 3.79. The lowest BCUT2D eigenvalue weighted by Gasteiger charge is -2.30. The van der Waals surface area contributed by atoms with E-state index in [-0.39, 0.29) is 6.09 Å². The first kappa shape index (κ1) is 10.8. The summed E-state index contributed by atoms with van der Waals surface area (Å²) < 4.78 is 6.87. The standard InChI is InChI=1S/C12H11BrN2O2/c1-12(2)8-4-3-7(5-13)9-10(8)15(6-14-9)11(16)17-12/h3-4,6H,5H2,1-2H3. The average molecular weight is 295 g/mol. The van der Waals surface area contributed by atoms with E-state index in [9.17, 15) is 4.79 Å². The van der Waals surface area contributed by atoms with E-state index in [1.165, 1.54) is 10.9 Å². The Morgan fingerprint density at radius 1 is 1.47 bits per heavy atom. The molecule has 4 nitrogen and oxygen atoms in total. The van der Waals surface area contributed by atoms with E-state index in [0.717, 1.165) is 27.5 Å². The third-order valence-corrected chi connectivity index (χ3v) is 3.71. The van der Waals surface area contributed by atoms with Crippen molar-refractivity contribution in [2.24, 2.45) is 0 Å². The number of carbonyl (C=O) groups is 1. The molecule has 1 aromatic heterocycles. The number of carbonyl (C=O) groups excluding carboxylic acids is 1. The van der Waals surface area contributed by atoms with Crippen molar-refractivity contribution in [3.63, 3.8) is 0 Å². The predicted molar refractivity (Wildman–Crippen MR) is 67.3 cm³/mol. The van der Waals surface area contributed by atoms with Crippen molar-refractivity contribution in [3.8, 4) is 0 Å². The first-order chi connectivity index (χ1) is 8.04. The third kappa shape index (κ3) is 1.35. The lowest BCUT2D eigenvalue weighted by atomic mass is 9.94. The fourth-order valence-electron chi connectivity index (χ4n) is 2.24. The number of nitrogens with zero attached hydrogens (tertiary/aromatic N) is 2. The van der Waals surface area contributed by atoms with Crippen LogP contribution in [0, 0.1) is 0 Å². The molecule has 0 saturated heterocycles. The van der Waals surface area contributed by atoms with E-state index in [1.807, 2.05) is 26.0 Å². The molecule has 2 aromatic rings. The number of imidazole rings is 1. The quantitative estimate of drug-likeness (QED) is 0.759. The van der Waals surface area contributed by atoms with Gasteiger partial charge in [0.25, 0.3) is 0 Å². The molecule has 0 radical (unpaired) electrons. The van der Waals surface area contributed by atoms with Crippen LogP contribution in [0.2, 0.25) is 0 Å². The molecule has 0 aliphatic carbocycles. The van der Waals surface area contributed by atoms with E-state index in [1.54, 1.807) is 0 Å². The molecule has 0 spiro atoms. The van der Waals surface area contributed by atoms with E-state index in [2.05, 4.69) is 20.9 Å². The normalized spacial score (nSPS) is 17.2. The SMILES string of the molecule is CC1(C)OC(=O)n2cnc3c(CBr)ccc1c32.